The first-order chi connectivity index (χ1) is 14.0. The molecule has 4 aromatic rings. The van der Waals surface area contributed by atoms with Gasteiger partial charge in [-0.15, -0.1) is 0 Å². The van der Waals surface area contributed by atoms with Crippen LogP contribution in [0.3, 0.4) is 0 Å². The summed E-state index contributed by atoms with van der Waals surface area (Å²) in [6.45, 7) is 4.09. The van der Waals surface area contributed by atoms with Crippen molar-refractivity contribution in [2.75, 3.05) is 5.32 Å². The van der Waals surface area contributed by atoms with Crippen LogP contribution in [-0.4, -0.2) is 25.7 Å². The van der Waals surface area contributed by atoms with E-state index >= 15 is 0 Å². The molecule has 0 radical (unpaired) electrons. The molecule has 0 saturated carbocycles. The van der Waals surface area contributed by atoms with Crippen molar-refractivity contribution in [1.82, 2.24) is 19.7 Å². The van der Waals surface area contributed by atoms with Gasteiger partial charge in [-0.05, 0) is 50.2 Å². The first kappa shape index (κ1) is 19.1. The summed E-state index contributed by atoms with van der Waals surface area (Å²) in [6, 6.07) is 12.8. The number of nitrogens with one attached hydrogen (secondary N) is 1. The van der Waals surface area contributed by atoms with Crippen LogP contribution in [0.5, 0.6) is 11.6 Å². The van der Waals surface area contributed by atoms with Crippen LogP contribution in [0.4, 0.5) is 5.69 Å². The molecule has 1 amide bonds. The van der Waals surface area contributed by atoms with Crippen LogP contribution >= 0.6 is 15.9 Å². The second-order valence-corrected chi connectivity index (χ2v) is 7.63. The predicted octanol–water partition coefficient (Wildman–Crippen LogP) is 5.21. The third-order valence-electron chi connectivity index (χ3n) is 4.21. The highest BCUT2D eigenvalue weighted by atomic mass is 79.9. The third kappa shape index (κ3) is 4.27. The zero-order valence-electron chi connectivity index (χ0n) is 15.8. The normalized spacial score (nSPS) is 11.0. The van der Waals surface area contributed by atoms with Crippen LogP contribution in [0.1, 0.15) is 30.2 Å². The van der Waals surface area contributed by atoms with Gasteiger partial charge in [0.2, 0.25) is 5.88 Å². The highest BCUT2D eigenvalue weighted by Gasteiger charge is 2.11. The Kier molecular flexibility index (Phi) is 5.26. The van der Waals surface area contributed by atoms with Gasteiger partial charge in [0.05, 0.1) is 23.6 Å². The highest BCUT2D eigenvalue weighted by molar-refractivity contribution is 9.10. The van der Waals surface area contributed by atoms with Crippen LogP contribution in [-0.2, 0) is 0 Å². The number of amides is 1. The summed E-state index contributed by atoms with van der Waals surface area (Å²) in [5.41, 5.74) is 1.81. The quantitative estimate of drug-likeness (QED) is 0.449. The number of benzene rings is 1. The molecule has 1 N–H and O–H groups in total. The van der Waals surface area contributed by atoms with Gasteiger partial charge < -0.3 is 10.1 Å². The third-order valence-corrected chi connectivity index (χ3v) is 4.74. The molecule has 0 unspecified atom stereocenters. The molecular formula is C21H18BrN5O2. The zero-order valence-corrected chi connectivity index (χ0v) is 17.4. The molecule has 8 heteroatoms. The van der Waals surface area contributed by atoms with Gasteiger partial charge in [-0.1, -0.05) is 15.9 Å². The lowest BCUT2D eigenvalue weighted by molar-refractivity contribution is 0.102. The number of fused-ring (bicyclic) bond motifs is 1. The lowest BCUT2D eigenvalue weighted by atomic mass is 10.2. The van der Waals surface area contributed by atoms with Crippen molar-refractivity contribution in [3.63, 3.8) is 0 Å². The van der Waals surface area contributed by atoms with Crippen molar-refractivity contribution < 1.29 is 9.53 Å². The molecule has 0 atom stereocenters. The molecule has 29 heavy (non-hydrogen) atoms. The van der Waals surface area contributed by atoms with Gasteiger partial charge in [-0.2, -0.15) is 5.10 Å². The molecule has 4 rings (SSSR count). The lowest BCUT2D eigenvalue weighted by Gasteiger charge is -2.08. The summed E-state index contributed by atoms with van der Waals surface area (Å²) in [5.74, 6) is 0.803. The number of ether oxygens (including phenoxy) is 1. The fourth-order valence-corrected chi connectivity index (χ4v) is 3.05. The van der Waals surface area contributed by atoms with Crippen molar-refractivity contribution >= 4 is 38.6 Å². The van der Waals surface area contributed by atoms with Crippen LogP contribution in [0.2, 0.25) is 0 Å². The maximum absolute atomic E-state index is 12.5. The Bertz CT molecular complexity index is 1150. The first-order valence-corrected chi connectivity index (χ1v) is 9.83. The molecule has 0 fully saturated rings. The van der Waals surface area contributed by atoms with Crippen molar-refractivity contribution in [1.29, 1.82) is 0 Å². The minimum atomic E-state index is -0.273. The minimum absolute atomic E-state index is 0.213. The van der Waals surface area contributed by atoms with E-state index in [0.717, 1.165) is 15.5 Å². The second kappa shape index (κ2) is 8.00. The van der Waals surface area contributed by atoms with Gasteiger partial charge in [-0.3, -0.25) is 4.79 Å². The van der Waals surface area contributed by atoms with Crippen molar-refractivity contribution in [2.24, 2.45) is 0 Å². The maximum atomic E-state index is 12.5. The fraction of sp³-hybridized carbons (Fsp3) is 0.143. The summed E-state index contributed by atoms with van der Waals surface area (Å²) in [5, 5.41) is 8.05. The summed E-state index contributed by atoms with van der Waals surface area (Å²) in [6.07, 6.45) is 4.85. The Hall–Kier alpha value is -3.26. The van der Waals surface area contributed by atoms with Gasteiger partial charge in [-0.25, -0.2) is 14.6 Å². The number of aromatic nitrogens is 4. The van der Waals surface area contributed by atoms with E-state index in [9.17, 15) is 4.79 Å². The van der Waals surface area contributed by atoms with Crippen molar-refractivity contribution in [3.05, 3.63) is 71.1 Å². The van der Waals surface area contributed by atoms with E-state index in [1.54, 1.807) is 24.5 Å². The minimum Gasteiger partial charge on any atom is -0.439 e. The average molecular weight is 452 g/mol. The van der Waals surface area contributed by atoms with Gasteiger partial charge >= 0.3 is 0 Å². The van der Waals surface area contributed by atoms with Crippen LogP contribution < -0.4 is 10.1 Å². The summed E-state index contributed by atoms with van der Waals surface area (Å²) in [4.78, 5) is 21.2. The predicted molar refractivity (Wildman–Crippen MR) is 114 cm³/mol. The number of hydrogen-bond donors (Lipinski definition) is 1. The Balaban J connectivity index is 1.45. The van der Waals surface area contributed by atoms with Crippen molar-refractivity contribution in [2.45, 2.75) is 19.9 Å². The number of carbonyl (C=O) groups is 1. The number of anilines is 1. The van der Waals surface area contributed by atoms with E-state index in [1.165, 1.54) is 6.20 Å². The standard InChI is InChI=1S/C21H18BrN5O2/c1-13(2)27-20-15(11-25-27)9-17(12-24-20)26-21(28)14-3-8-19(23-10-14)29-18-6-4-16(22)5-7-18/h3-13H,1-2H3,(H,26,28). The van der Waals surface area contributed by atoms with Crippen LogP contribution in [0, 0.1) is 0 Å². The van der Waals surface area contributed by atoms with Crippen molar-refractivity contribution in [3.8, 4) is 11.6 Å². The largest absolute Gasteiger partial charge is 0.439 e. The lowest BCUT2D eigenvalue weighted by Crippen LogP contribution is -2.12. The number of carbonyl (C=O) groups excluding carboxylic acids is 1. The molecule has 146 valence electrons. The molecule has 3 heterocycles. The molecule has 0 spiro atoms. The van der Waals surface area contributed by atoms with Gasteiger partial charge in [0.15, 0.2) is 5.65 Å². The molecule has 7 nitrogen and oxygen atoms in total. The Morgan fingerprint density at radius 3 is 2.55 bits per heavy atom. The van der Waals surface area contributed by atoms with E-state index in [1.807, 2.05) is 48.9 Å². The Morgan fingerprint density at radius 2 is 1.86 bits per heavy atom. The number of rotatable bonds is 5. The first-order valence-electron chi connectivity index (χ1n) is 9.04. The van der Waals surface area contributed by atoms with E-state index < -0.39 is 0 Å². The number of pyridine rings is 2. The number of nitrogens with zero attached hydrogens (tertiary/aromatic N) is 4. The van der Waals surface area contributed by atoms with E-state index in [0.29, 0.717) is 22.9 Å². The fourth-order valence-electron chi connectivity index (χ4n) is 2.79. The second-order valence-electron chi connectivity index (χ2n) is 6.71. The highest BCUT2D eigenvalue weighted by Crippen LogP contribution is 2.22. The molecule has 0 aliphatic rings. The molecule has 3 aromatic heterocycles. The molecule has 0 aliphatic heterocycles. The van der Waals surface area contributed by atoms with Crippen LogP contribution in [0.25, 0.3) is 11.0 Å². The summed E-state index contributed by atoms with van der Waals surface area (Å²) >= 11 is 3.38. The smallest absolute Gasteiger partial charge is 0.257 e. The Morgan fingerprint density at radius 1 is 1.07 bits per heavy atom. The molecule has 0 saturated heterocycles. The zero-order chi connectivity index (χ0) is 20.4. The number of hydrogen-bond acceptors (Lipinski definition) is 5. The van der Waals surface area contributed by atoms with Gasteiger partial charge in [0.25, 0.3) is 5.91 Å². The summed E-state index contributed by atoms with van der Waals surface area (Å²) in [7, 11) is 0. The maximum Gasteiger partial charge on any atom is 0.257 e. The monoisotopic (exact) mass is 451 g/mol. The van der Waals surface area contributed by atoms with E-state index in [4.69, 9.17) is 4.74 Å². The van der Waals surface area contributed by atoms with E-state index in [-0.39, 0.29) is 11.9 Å². The molecular weight excluding hydrogens is 434 g/mol. The molecule has 0 aliphatic carbocycles. The SMILES string of the molecule is CC(C)n1ncc2cc(NC(=O)c3ccc(Oc4ccc(Br)cc4)nc3)cnc21. The Labute approximate surface area is 175 Å². The van der Waals surface area contributed by atoms with Gasteiger partial charge in [0.1, 0.15) is 5.75 Å². The van der Waals surface area contributed by atoms with E-state index in [2.05, 4.69) is 36.3 Å². The average Bonchev–Trinajstić information content (AvgIpc) is 3.14. The topological polar surface area (TPSA) is 81.9 Å². The van der Waals surface area contributed by atoms with Gasteiger partial charge in [0, 0.05) is 28.2 Å². The summed E-state index contributed by atoms with van der Waals surface area (Å²) < 4.78 is 8.48. The van der Waals surface area contributed by atoms with Crippen LogP contribution in [0.15, 0.2) is 65.5 Å². The molecule has 0 bridgehead atoms. The molecule has 1 aromatic carbocycles. The number of halogens is 1.